The molecule has 2 nitrogen and oxygen atoms in total. The summed E-state index contributed by atoms with van der Waals surface area (Å²) in [6.07, 6.45) is 0. The Morgan fingerprint density at radius 3 is 2.75 bits per heavy atom. The fourth-order valence-electron chi connectivity index (χ4n) is 1.00. The molecule has 1 aromatic carbocycles. The minimum Gasteiger partial charge on any atom is -0.394 e. The molecule has 1 atom stereocenters. The smallest absolute Gasteiger partial charge is 0.0624 e. The standard InChI is InChI=1S/C9H12ClNO/c1-6-4-7(9(11)5-12)2-3-8(6)10/h2-4,9,12H,5,11H2,1H3/t9-/m0/s1. The van der Waals surface area contributed by atoms with Gasteiger partial charge in [-0.25, -0.2) is 0 Å². The Morgan fingerprint density at radius 1 is 1.58 bits per heavy atom. The first-order chi connectivity index (χ1) is 5.65. The van der Waals surface area contributed by atoms with E-state index in [4.69, 9.17) is 22.4 Å². The maximum absolute atomic E-state index is 8.79. The van der Waals surface area contributed by atoms with Crippen LogP contribution >= 0.6 is 11.6 Å². The van der Waals surface area contributed by atoms with Crippen LogP contribution in [0.1, 0.15) is 17.2 Å². The summed E-state index contributed by atoms with van der Waals surface area (Å²) < 4.78 is 0. The molecule has 0 aliphatic heterocycles. The van der Waals surface area contributed by atoms with E-state index in [0.717, 1.165) is 16.1 Å². The van der Waals surface area contributed by atoms with Crippen LogP contribution in [0.15, 0.2) is 18.2 Å². The maximum atomic E-state index is 8.79. The Bertz CT molecular complexity index is 275. The SMILES string of the molecule is Cc1cc([C@@H](N)CO)ccc1Cl. The van der Waals surface area contributed by atoms with Gasteiger partial charge < -0.3 is 10.8 Å². The van der Waals surface area contributed by atoms with Crippen molar-refractivity contribution in [3.05, 3.63) is 34.3 Å². The Hall–Kier alpha value is -0.570. The van der Waals surface area contributed by atoms with Crippen molar-refractivity contribution in [1.29, 1.82) is 0 Å². The van der Waals surface area contributed by atoms with Crippen molar-refractivity contribution in [2.24, 2.45) is 5.73 Å². The number of benzene rings is 1. The van der Waals surface area contributed by atoms with Gasteiger partial charge in [-0.2, -0.15) is 0 Å². The molecule has 0 heterocycles. The van der Waals surface area contributed by atoms with Crippen LogP contribution in [0, 0.1) is 6.92 Å². The zero-order valence-electron chi connectivity index (χ0n) is 6.92. The summed E-state index contributed by atoms with van der Waals surface area (Å²) in [5.41, 5.74) is 7.52. The van der Waals surface area contributed by atoms with E-state index in [1.807, 2.05) is 19.1 Å². The van der Waals surface area contributed by atoms with Gasteiger partial charge in [-0.05, 0) is 24.1 Å². The van der Waals surface area contributed by atoms with Gasteiger partial charge in [0.25, 0.3) is 0 Å². The monoisotopic (exact) mass is 185 g/mol. The first-order valence-corrected chi connectivity index (χ1v) is 4.15. The molecule has 0 aromatic heterocycles. The molecule has 0 radical (unpaired) electrons. The Kier molecular flexibility index (Phi) is 3.09. The van der Waals surface area contributed by atoms with Gasteiger partial charge in [0, 0.05) is 5.02 Å². The molecule has 0 aliphatic carbocycles. The molecule has 0 unspecified atom stereocenters. The van der Waals surface area contributed by atoms with Crippen molar-refractivity contribution in [1.82, 2.24) is 0 Å². The van der Waals surface area contributed by atoms with Crippen molar-refractivity contribution in [2.75, 3.05) is 6.61 Å². The lowest BCUT2D eigenvalue weighted by Crippen LogP contribution is -2.14. The van der Waals surface area contributed by atoms with Crippen LogP contribution in [-0.4, -0.2) is 11.7 Å². The number of aliphatic hydroxyl groups is 1. The predicted octanol–water partition coefficient (Wildman–Crippen LogP) is 1.64. The van der Waals surface area contributed by atoms with Gasteiger partial charge in [0.1, 0.15) is 0 Å². The van der Waals surface area contributed by atoms with Gasteiger partial charge in [0.2, 0.25) is 0 Å². The molecule has 3 heteroatoms. The van der Waals surface area contributed by atoms with Crippen LogP contribution < -0.4 is 5.73 Å². The van der Waals surface area contributed by atoms with Crippen molar-refractivity contribution >= 4 is 11.6 Å². The molecule has 66 valence electrons. The van der Waals surface area contributed by atoms with E-state index in [-0.39, 0.29) is 12.6 Å². The van der Waals surface area contributed by atoms with Crippen molar-refractivity contribution in [3.8, 4) is 0 Å². The summed E-state index contributed by atoms with van der Waals surface area (Å²) in [4.78, 5) is 0. The molecule has 0 amide bonds. The van der Waals surface area contributed by atoms with E-state index >= 15 is 0 Å². The van der Waals surface area contributed by atoms with Gasteiger partial charge in [0.05, 0.1) is 12.6 Å². The fourth-order valence-corrected chi connectivity index (χ4v) is 1.12. The first kappa shape index (κ1) is 9.52. The lowest BCUT2D eigenvalue weighted by atomic mass is 10.1. The van der Waals surface area contributed by atoms with E-state index < -0.39 is 0 Å². The highest BCUT2D eigenvalue weighted by atomic mass is 35.5. The van der Waals surface area contributed by atoms with Crippen LogP contribution in [0.3, 0.4) is 0 Å². The lowest BCUT2D eigenvalue weighted by Gasteiger charge is -2.09. The summed E-state index contributed by atoms with van der Waals surface area (Å²) in [5, 5.41) is 9.52. The largest absolute Gasteiger partial charge is 0.394 e. The number of hydrogen-bond acceptors (Lipinski definition) is 2. The minimum absolute atomic E-state index is 0.0406. The Labute approximate surface area is 77.0 Å². The van der Waals surface area contributed by atoms with E-state index in [2.05, 4.69) is 0 Å². The number of rotatable bonds is 2. The van der Waals surface area contributed by atoms with Crippen LogP contribution in [0.25, 0.3) is 0 Å². The van der Waals surface area contributed by atoms with Crippen LogP contribution in [0.2, 0.25) is 5.02 Å². The minimum atomic E-state index is -0.305. The first-order valence-electron chi connectivity index (χ1n) is 3.77. The number of hydrogen-bond donors (Lipinski definition) is 2. The van der Waals surface area contributed by atoms with Gasteiger partial charge in [0.15, 0.2) is 0 Å². The summed E-state index contributed by atoms with van der Waals surface area (Å²) >= 11 is 5.83. The van der Waals surface area contributed by atoms with Crippen molar-refractivity contribution in [2.45, 2.75) is 13.0 Å². The topological polar surface area (TPSA) is 46.2 Å². The Balaban J connectivity index is 2.96. The molecule has 0 saturated heterocycles. The molecule has 0 saturated carbocycles. The number of halogens is 1. The van der Waals surface area contributed by atoms with E-state index in [9.17, 15) is 0 Å². The summed E-state index contributed by atoms with van der Waals surface area (Å²) in [6, 6.07) is 5.21. The average Bonchev–Trinajstić information content (AvgIpc) is 2.08. The van der Waals surface area contributed by atoms with Crippen molar-refractivity contribution < 1.29 is 5.11 Å². The van der Waals surface area contributed by atoms with Gasteiger partial charge >= 0.3 is 0 Å². The zero-order valence-corrected chi connectivity index (χ0v) is 7.67. The molecular formula is C9H12ClNO. The molecule has 3 N–H and O–H groups in total. The van der Waals surface area contributed by atoms with Gasteiger partial charge in [-0.3, -0.25) is 0 Å². The molecule has 0 fully saturated rings. The van der Waals surface area contributed by atoms with E-state index in [1.165, 1.54) is 0 Å². The third-order valence-electron chi connectivity index (χ3n) is 1.81. The second kappa shape index (κ2) is 3.90. The van der Waals surface area contributed by atoms with Gasteiger partial charge in [-0.1, -0.05) is 23.7 Å². The zero-order chi connectivity index (χ0) is 9.14. The van der Waals surface area contributed by atoms with Crippen LogP contribution in [0.5, 0.6) is 0 Å². The quantitative estimate of drug-likeness (QED) is 0.736. The summed E-state index contributed by atoms with van der Waals surface area (Å²) in [7, 11) is 0. The molecule has 0 spiro atoms. The number of aliphatic hydroxyl groups excluding tert-OH is 1. The number of nitrogens with two attached hydrogens (primary N) is 1. The molecule has 0 aliphatic rings. The molecule has 12 heavy (non-hydrogen) atoms. The van der Waals surface area contributed by atoms with Crippen molar-refractivity contribution in [3.63, 3.8) is 0 Å². The molecular weight excluding hydrogens is 174 g/mol. The van der Waals surface area contributed by atoms with E-state index in [1.54, 1.807) is 6.07 Å². The highest BCUT2D eigenvalue weighted by Crippen LogP contribution is 2.19. The summed E-state index contributed by atoms with van der Waals surface area (Å²) in [6.45, 7) is 1.87. The normalized spacial score (nSPS) is 13.0. The maximum Gasteiger partial charge on any atom is 0.0624 e. The second-order valence-corrected chi connectivity index (χ2v) is 3.20. The van der Waals surface area contributed by atoms with Crippen LogP contribution in [0.4, 0.5) is 0 Å². The highest BCUT2D eigenvalue weighted by Gasteiger charge is 2.04. The molecule has 1 aromatic rings. The second-order valence-electron chi connectivity index (χ2n) is 2.80. The van der Waals surface area contributed by atoms with Gasteiger partial charge in [-0.15, -0.1) is 0 Å². The molecule has 0 bridgehead atoms. The highest BCUT2D eigenvalue weighted by molar-refractivity contribution is 6.31. The summed E-state index contributed by atoms with van der Waals surface area (Å²) in [5.74, 6) is 0. The third-order valence-corrected chi connectivity index (χ3v) is 2.23. The lowest BCUT2D eigenvalue weighted by molar-refractivity contribution is 0.268. The Morgan fingerprint density at radius 2 is 2.25 bits per heavy atom. The fraction of sp³-hybridized carbons (Fsp3) is 0.333. The average molecular weight is 186 g/mol. The predicted molar refractivity (Wildman–Crippen MR) is 50.2 cm³/mol. The molecule has 1 rings (SSSR count). The van der Waals surface area contributed by atoms with Crippen LogP contribution in [-0.2, 0) is 0 Å². The van der Waals surface area contributed by atoms with E-state index in [0.29, 0.717) is 0 Å². The number of aryl methyl sites for hydroxylation is 1. The third kappa shape index (κ3) is 1.97.